The summed E-state index contributed by atoms with van der Waals surface area (Å²) in [5.41, 5.74) is 2.84. The average Bonchev–Trinajstić information content (AvgIpc) is 2.63. The first-order valence-electron chi connectivity index (χ1n) is 8.06. The Labute approximate surface area is 154 Å². The van der Waals surface area contributed by atoms with Crippen LogP contribution in [0.5, 0.6) is 0 Å². The number of aryl methyl sites for hydroxylation is 1. The van der Waals surface area contributed by atoms with Crippen molar-refractivity contribution < 1.29 is 9.21 Å². The number of fused-ring (bicyclic) bond motifs is 2. The first-order chi connectivity index (χ1) is 12.5. The lowest BCUT2D eigenvalue weighted by Gasteiger charge is -2.08. The van der Waals surface area contributed by atoms with Crippen LogP contribution in [-0.4, -0.2) is 5.91 Å². The van der Waals surface area contributed by atoms with Crippen molar-refractivity contribution in [2.24, 2.45) is 0 Å². The lowest BCUT2D eigenvalue weighted by Crippen LogP contribution is -2.12. The third-order valence-corrected chi connectivity index (χ3v) is 4.51. The van der Waals surface area contributed by atoms with E-state index >= 15 is 0 Å². The molecule has 0 saturated carbocycles. The molecule has 0 aliphatic rings. The van der Waals surface area contributed by atoms with Gasteiger partial charge in [-0.1, -0.05) is 23.7 Å². The zero-order chi connectivity index (χ0) is 18.3. The minimum Gasteiger partial charge on any atom is -0.455 e. The first-order valence-corrected chi connectivity index (χ1v) is 8.44. The molecule has 0 radical (unpaired) electrons. The average molecular weight is 364 g/mol. The molecule has 5 heteroatoms. The second-order valence-electron chi connectivity index (χ2n) is 6.05. The van der Waals surface area contributed by atoms with Crippen LogP contribution in [-0.2, 0) is 0 Å². The predicted molar refractivity (Wildman–Crippen MR) is 104 cm³/mol. The van der Waals surface area contributed by atoms with Gasteiger partial charge in [0.2, 0.25) is 5.43 Å². The number of nitrogens with one attached hydrogen (secondary N) is 1. The van der Waals surface area contributed by atoms with E-state index in [0.29, 0.717) is 38.2 Å². The molecular formula is C21H14ClNO3. The number of anilines is 1. The summed E-state index contributed by atoms with van der Waals surface area (Å²) in [5, 5.41) is 4.40. The lowest BCUT2D eigenvalue weighted by molar-refractivity contribution is 0.102. The molecule has 1 heterocycles. The van der Waals surface area contributed by atoms with Gasteiger partial charge in [0.05, 0.1) is 10.8 Å². The van der Waals surface area contributed by atoms with E-state index in [0.717, 1.165) is 5.56 Å². The molecule has 0 aliphatic carbocycles. The Hall–Kier alpha value is -3.11. The molecule has 0 saturated heterocycles. The standard InChI is InChI=1S/C21H14ClNO3/c1-12-3-2-4-17-19(24)16-10-9-15(11-18(16)26-20(12)17)23-21(25)13-5-7-14(22)8-6-13/h2-11H,1H3,(H,23,25). The predicted octanol–water partition coefficient (Wildman–Crippen LogP) is 5.16. The fourth-order valence-electron chi connectivity index (χ4n) is 2.90. The van der Waals surface area contributed by atoms with Gasteiger partial charge in [0.1, 0.15) is 11.2 Å². The van der Waals surface area contributed by atoms with E-state index in [1.807, 2.05) is 19.1 Å². The summed E-state index contributed by atoms with van der Waals surface area (Å²) in [6, 6.07) is 17.1. The summed E-state index contributed by atoms with van der Waals surface area (Å²) in [6.07, 6.45) is 0. The van der Waals surface area contributed by atoms with Gasteiger partial charge in [0.15, 0.2) is 0 Å². The van der Waals surface area contributed by atoms with Gasteiger partial charge in [0, 0.05) is 22.3 Å². The van der Waals surface area contributed by atoms with Crippen molar-refractivity contribution in [3.8, 4) is 0 Å². The van der Waals surface area contributed by atoms with Crippen LogP contribution in [0.3, 0.4) is 0 Å². The van der Waals surface area contributed by atoms with Crippen LogP contribution in [0.4, 0.5) is 5.69 Å². The highest BCUT2D eigenvalue weighted by Gasteiger charge is 2.11. The van der Waals surface area contributed by atoms with Gasteiger partial charge in [0.25, 0.3) is 5.91 Å². The molecule has 4 nitrogen and oxygen atoms in total. The molecule has 1 N–H and O–H groups in total. The minimum atomic E-state index is -0.264. The van der Waals surface area contributed by atoms with Crippen LogP contribution < -0.4 is 10.7 Å². The van der Waals surface area contributed by atoms with Crippen molar-refractivity contribution in [2.75, 3.05) is 5.32 Å². The molecule has 128 valence electrons. The molecule has 26 heavy (non-hydrogen) atoms. The van der Waals surface area contributed by atoms with Crippen molar-refractivity contribution in [2.45, 2.75) is 6.92 Å². The monoisotopic (exact) mass is 363 g/mol. The maximum Gasteiger partial charge on any atom is 0.255 e. The van der Waals surface area contributed by atoms with E-state index in [1.54, 1.807) is 48.5 Å². The third-order valence-electron chi connectivity index (χ3n) is 4.26. The zero-order valence-corrected chi connectivity index (χ0v) is 14.6. The largest absolute Gasteiger partial charge is 0.455 e. The Morgan fingerprint density at radius 3 is 2.54 bits per heavy atom. The number of carbonyl (C=O) groups is 1. The minimum absolute atomic E-state index is 0.0828. The van der Waals surface area contributed by atoms with Crippen LogP contribution in [0.15, 0.2) is 69.9 Å². The number of hydrogen-bond donors (Lipinski definition) is 1. The maximum atomic E-state index is 12.7. The Kier molecular flexibility index (Phi) is 3.98. The summed E-state index contributed by atoms with van der Waals surface area (Å²) in [7, 11) is 0. The van der Waals surface area contributed by atoms with E-state index in [-0.39, 0.29) is 11.3 Å². The van der Waals surface area contributed by atoms with E-state index in [9.17, 15) is 9.59 Å². The SMILES string of the molecule is Cc1cccc2c(=O)c3ccc(NC(=O)c4ccc(Cl)cc4)cc3oc12. The topological polar surface area (TPSA) is 59.3 Å². The molecule has 4 rings (SSSR count). The number of halogens is 1. The molecule has 0 unspecified atom stereocenters. The number of rotatable bonds is 2. The van der Waals surface area contributed by atoms with Crippen molar-refractivity contribution in [3.05, 3.63) is 87.0 Å². The summed E-state index contributed by atoms with van der Waals surface area (Å²) in [4.78, 5) is 25.0. The Morgan fingerprint density at radius 2 is 1.77 bits per heavy atom. The van der Waals surface area contributed by atoms with Crippen molar-refractivity contribution in [1.29, 1.82) is 0 Å². The van der Waals surface area contributed by atoms with E-state index in [1.165, 1.54) is 0 Å². The number of hydrogen-bond acceptors (Lipinski definition) is 3. The van der Waals surface area contributed by atoms with E-state index < -0.39 is 0 Å². The van der Waals surface area contributed by atoms with Crippen molar-refractivity contribution in [3.63, 3.8) is 0 Å². The highest BCUT2D eigenvalue weighted by molar-refractivity contribution is 6.30. The molecule has 4 aromatic rings. The van der Waals surface area contributed by atoms with Crippen LogP contribution in [0.25, 0.3) is 21.9 Å². The Balaban J connectivity index is 1.76. The highest BCUT2D eigenvalue weighted by atomic mass is 35.5. The quantitative estimate of drug-likeness (QED) is 0.500. The van der Waals surface area contributed by atoms with Crippen LogP contribution in [0, 0.1) is 6.92 Å². The normalized spacial score (nSPS) is 11.0. The summed E-state index contributed by atoms with van der Waals surface area (Å²) >= 11 is 5.84. The second-order valence-corrected chi connectivity index (χ2v) is 6.49. The number of amides is 1. The van der Waals surface area contributed by atoms with Gasteiger partial charge in [-0.2, -0.15) is 0 Å². The van der Waals surface area contributed by atoms with Gasteiger partial charge in [-0.25, -0.2) is 0 Å². The van der Waals surface area contributed by atoms with Crippen molar-refractivity contribution in [1.82, 2.24) is 0 Å². The molecule has 0 fully saturated rings. The lowest BCUT2D eigenvalue weighted by atomic mass is 10.1. The molecule has 0 atom stereocenters. The summed E-state index contributed by atoms with van der Waals surface area (Å²) < 4.78 is 5.93. The van der Waals surface area contributed by atoms with Crippen LogP contribution >= 0.6 is 11.6 Å². The van der Waals surface area contributed by atoms with Crippen LogP contribution in [0.1, 0.15) is 15.9 Å². The van der Waals surface area contributed by atoms with Gasteiger partial charge in [-0.05, 0) is 55.0 Å². The third kappa shape index (κ3) is 2.85. The van der Waals surface area contributed by atoms with Crippen LogP contribution in [0.2, 0.25) is 5.02 Å². The summed E-state index contributed by atoms with van der Waals surface area (Å²) in [5.74, 6) is -0.264. The zero-order valence-electron chi connectivity index (χ0n) is 13.9. The number of para-hydroxylation sites is 1. The maximum absolute atomic E-state index is 12.7. The van der Waals surface area contributed by atoms with Crippen molar-refractivity contribution >= 4 is 45.1 Å². The smallest absolute Gasteiger partial charge is 0.255 e. The fourth-order valence-corrected chi connectivity index (χ4v) is 3.02. The fraction of sp³-hybridized carbons (Fsp3) is 0.0476. The number of carbonyl (C=O) groups excluding carboxylic acids is 1. The molecule has 0 aliphatic heterocycles. The van der Waals surface area contributed by atoms with Gasteiger partial charge < -0.3 is 9.73 Å². The second kappa shape index (κ2) is 6.32. The molecule has 0 bridgehead atoms. The van der Waals surface area contributed by atoms with E-state index in [4.69, 9.17) is 16.0 Å². The van der Waals surface area contributed by atoms with Gasteiger partial charge >= 0.3 is 0 Å². The molecule has 3 aromatic carbocycles. The Morgan fingerprint density at radius 1 is 1.00 bits per heavy atom. The Bertz CT molecular complexity index is 1210. The molecular weight excluding hydrogens is 350 g/mol. The van der Waals surface area contributed by atoms with Gasteiger partial charge in [-0.15, -0.1) is 0 Å². The summed E-state index contributed by atoms with van der Waals surface area (Å²) in [6.45, 7) is 1.89. The molecule has 1 aromatic heterocycles. The first kappa shape index (κ1) is 16.4. The number of benzene rings is 3. The highest BCUT2D eigenvalue weighted by Crippen LogP contribution is 2.24. The molecule has 0 spiro atoms. The molecule has 1 amide bonds. The van der Waals surface area contributed by atoms with Gasteiger partial charge in [-0.3, -0.25) is 9.59 Å². The van der Waals surface area contributed by atoms with E-state index in [2.05, 4.69) is 5.32 Å².